The van der Waals surface area contributed by atoms with Gasteiger partial charge in [0, 0.05) is 25.9 Å². The summed E-state index contributed by atoms with van der Waals surface area (Å²) in [5, 5.41) is 3.06. The summed E-state index contributed by atoms with van der Waals surface area (Å²) in [5.41, 5.74) is 3.00. The number of fused-ring (bicyclic) bond motifs is 1. The minimum Gasteiger partial charge on any atom is -0.454 e. The van der Waals surface area contributed by atoms with Crippen molar-refractivity contribution in [2.24, 2.45) is 5.92 Å². The summed E-state index contributed by atoms with van der Waals surface area (Å²) in [4.78, 5) is 28.9. The van der Waals surface area contributed by atoms with Crippen molar-refractivity contribution >= 4 is 11.8 Å². The SMILES string of the molecule is CC(C)CNC(=O)[C@@H](Cc1ccccc1)N(Cc1ccccc1)C(=O)CCc1ccc2c(c1)OCO2. The molecular weight excluding hydrogens is 452 g/mol. The highest BCUT2D eigenvalue weighted by Crippen LogP contribution is 2.33. The van der Waals surface area contributed by atoms with E-state index >= 15 is 0 Å². The molecule has 36 heavy (non-hydrogen) atoms. The van der Waals surface area contributed by atoms with E-state index in [1.165, 1.54) is 0 Å². The Labute approximate surface area is 213 Å². The molecule has 3 aromatic carbocycles. The molecule has 1 aliphatic rings. The topological polar surface area (TPSA) is 67.9 Å². The third-order valence-corrected chi connectivity index (χ3v) is 6.22. The van der Waals surface area contributed by atoms with E-state index in [0.29, 0.717) is 37.6 Å². The average molecular weight is 487 g/mol. The Balaban J connectivity index is 1.57. The minimum atomic E-state index is -0.615. The van der Waals surface area contributed by atoms with E-state index in [1.807, 2.05) is 78.9 Å². The molecule has 0 bridgehead atoms. The van der Waals surface area contributed by atoms with Gasteiger partial charge in [-0.05, 0) is 41.2 Å². The van der Waals surface area contributed by atoms with Crippen LogP contribution in [0.1, 0.15) is 37.0 Å². The van der Waals surface area contributed by atoms with Crippen molar-refractivity contribution in [1.82, 2.24) is 10.2 Å². The van der Waals surface area contributed by atoms with E-state index in [1.54, 1.807) is 4.90 Å². The molecule has 0 radical (unpaired) electrons. The van der Waals surface area contributed by atoms with Crippen LogP contribution in [0.3, 0.4) is 0 Å². The van der Waals surface area contributed by atoms with Gasteiger partial charge in [0.2, 0.25) is 18.6 Å². The molecule has 0 aliphatic carbocycles. The van der Waals surface area contributed by atoms with Crippen molar-refractivity contribution in [3.05, 3.63) is 95.6 Å². The lowest BCUT2D eigenvalue weighted by atomic mass is 10.0. The van der Waals surface area contributed by atoms with Gasteiger partial charge in [-0.1, -0.05) is 80.6 Å². The second-order valence-corrected chi connectivity index (χ2v) is 9.54. The highest BCUT2D eigenvalue weighted by molar-refractivity contribution is 5.88. The van der Waals surface area contributed by atoms with Crippen LogP contribution in [0.5, 0.6) is 11.5 Å². The number of nitrogens with zero attached hydrogens (tertiary/aromatic N) is 1. The molecule has 6 nitrogen and oxygen atoms in total. The first-order valence-corrected chi connectivity index (χ1v) is 12.5. The fourth-order valence-electron chi connectivity index (χ4n) is 4.25. The highest BCUT2D eigenvalue weighted by Gasteiger charge is 2.30. The van der Waals surface area contributed by atoms with Crippen LogP contribution >= 0.6 is 0 Å². The van der Waals surface area contributed by atoms with Crippen molar-refractivity contribution < 1.29 is 19.1 Å². The van der Waals surface area contributed by atoms with Crippen LogP contribution in [-0.2, 0) is 29.0 Å². The van der Waals surface area contributed by atoms with Gasteiger partial charge in [0.15, 0.2) is 11.5 Å². The second-order valence-electron chi connectivity index (χ2n) is 9.54. The molecule has 0 unspecified atom stereocenters. The van der Waals surface area contributed by atoms with Crippen LogP contribution in [0.2, 0.25) is 0 Å². The van der Waals surface area contributed by atoms with Crippen LogP contribution in [-0.4, -0.2) is 36.1 Å². The summed E-state index contributed by atoms with van der Waals surface area (Å²) in [5.74, 6) is 1.56. The Morgan fingerprint density at radius 1 is 0.861 bits per heavy atom. The number of carbonyl (C=O) groups is 2. The van der Waals surface area contributed by atoms with E-state index in [0.717, 1.165) is 22.4 Å². The van der Waals surface area contributed by atoms with Crippen molar-refractivity contribution in [3.8, 4) is 11.5 Å². The van der Waals surface area contributed by atoms with E-state index < -0.39 is 6.04 Å². The van der Waals surface area contributed by atoms with Crippen LogP contribution < -0.4 is 14.8 Å². The van der Waals surface area contributed by atoms with E-state index in [4.69, 9.17) is 9.47 Å². The maximum atomic E-state index is 13.7. The lowest BCUT2D eigenvalue weighted by Gasteiger charge is -2.32. The Morgan fingerprint density at radius 3 is 2.22 bits per heavy atom. The van der Waals surface area contributed by atoms with Crippen molar-refractivity contribution in [1.29, 1.82) is 0 Å². The molecule has 1 N–H and O–H groups in total. The van der Waals surface area contributed by atoms with E-state index in [2.05, 4.69) is 19.2 Å². The molecule has 1 atom stereocenters. The van der Waals surface area contributed by atoms with Gasteiger partial charge in [-0.25, -0.2) is 0 Å². The lowest BCUT2D eigenvalue weighted by molar-refractivity contribution is -0.141. The second kappa shape index (κ2) is 12.2. The van der Waals surface area contributed by atoms with Gasteiger partial charge < -0.3 is 19.7 Å². The zero-order valence-corrected chi connectivity index (χ0v) is 21.0. The van der Waals surface area contributed by atoms with Crippen LogP contribution in [0.15, 0.2) is 78.9 Å². The number of rotatable bonds is 11. The fourth-order valence-corrected chi connectivity index (χ4v) is 4.25. The third kappa shape index (κ3) is 6.87. The molecule has 0 fully saturated rings. The fraction of sp³-hybridized carbons (Fsp3) is 0.333. The van der Waals surface area contributed by atoms with Crippen LogP contribution in [0, 0.1) is 5.92 Å². The van der Waals surface area contributed by atoms with Crippen LogP contribution in [0.25, 0.3) is 0 Å². The largest absolute Gasteiger partial charge is 0.454 e. The Hall–Kier alpha value is -3.80. The van der Waals surface area contributed by atoms with Gasteiger partial charge in [-0.3, -0.25) is 9.59 Å². The number of amides is 2. The van der Waals surface area contributed by atoms with Crippen molar-refractivity contribution in [2.45, 2.75) is 45.7 Å². The molecule has 0 saturated heterocycles. The minimum absolute atomic E-state index is 0.0582. The third-order valence-electron chi connectivity index (χ3n) is 6.22. The number of carbonyl (C=O) groups excluding carboxylic acids is 2. The molecule has 0 spiro atoms. The van der Waals surface area contributed by atoms with Gasteiger partial charge in [-0.2, -0.15) is 0 Å². The number of ether oxygens (including phenoxy) is 2. The summed E-state index contributed by atoms with van der Waals surface area (Å²) < 4.78 is 10.9. The lowest BCUT2D eigenvalue weighted by Crippen LogP contribution is -2.51. The number of nitrogens with one attached hydrogen (secondary N) is 1. The molecule has 4 rings (SSSR count). The number of hydrogen-bond acceptors (Lipinski definition) is 4. The van der Waals surface area contributed by atoms with Crippen LogP contribution in [0.4, 0.5) is 0 Å². The average Bonchev–Trinajstić information content (AvgIpc) is 3.37. The number of benzene rings is 3. The first-order chi connectivity index (χ1) is 17.5. The first-order valence-electron chi connectivity index (χ1n) is 12.5. The molecule has 1 aliphatic heterocycles. The Morgan fingerprint density at radius 2 is 1.53 bits per heavy atom. The maximum absolute atomic E-state index is 13.7. The summed E-state index contributed by atoms with van der Waals surface area (Å²) in [7, 11) is 0. The molecule has 0 aromatic heterocycles. The van der Waals surface area contributed by atoms with Gasteiger partial charge in [0.05, 0.1) is 0 Å². The standard InChI is InChI=1S/C30H34N2O4/c1-22(2)19-31-30(34)26(17-23-9-5-3-6-10-23)32(20-25-11-7-4-8-12-25)29(33)16-14-24-13-15-27-28(18-24)36-21-35-27/h3-13,15,18,22,26H,14,16-17,19-21H2,1-2H3,(H,31,34)/t26-/m1/s1. The summed E-state index contributed by atoms with van der Waals surface area (Å²) >= 11 is 0. The summed E-state index contributed by atoms with van der Waals surface area (Å²) in [6.45, 7) is 5.27. The number of aryl methyl sites for hydroxylation is 1. The Kier molecular flexibility index (Phi) is 8.61. The number of hydrogen-bond donors (Lipinski definition) is 1. The Bertz CT molecular complexity index is 1150. The van der Waals surface area contributed by atoms with Crippen molar-refractivity contribution in [2.75, 3.05) is 13.3 Å². The molecule has 0 saturated carbocycles. The first kappa shape index (κ1) is 25.3. The quantitative estimate of drug-likeness (QED) is 0.424. The molecule has 3 aromatic rings. The normalized spacial score (nSPS) is 12.9. The highest BCUT2D eigenvalue weighted by atomic mass is 16.7. The molecule has 1 heterocycles. The maximum Gasteiger partial charge on any atom is 0.243 e. The van der Waals surface area contributed by atoms with Gasteiger partial charge in [0.1, 0.15) is 6.04 Å². The zero-order chi connectivity index (χ0) is 25.3. The zero-order valence-electron chi connectivity index (χ0n) is 21.0. The van der Waals surface area contributed by atoms with Gasteiger partial charge in [0.25, 0.3) is 0 Å². The van der Waals surface area contributed by atoms with Gasteiger partial charge >= 0.3 is 0 Å². The molecular formula is C30H34N2O4. The van der Waals surface area contributed by atoms with E-state index in [-0.39, 0.29) is 25.0 Å². The molecule has 6 heteroatoms. The molecule has 188 valence electrons. The predicted octanol–water partition coefficient (Wildman–Crippen LogP) is 4.76. The summed E-state index contributed by atoms with van der Waals surface area (Å²) in [6, 6.07) is 24.9. The van der Waals surface area contributed by atoms with Crippen molar-refractivity contribution in [3.63, 3.8) is 0 Å². The summed E-state index contributed by atoms with van der Waals surface area (Å²) in [6.07, 6.45) is 1.29. The van der Waals surface area contributed by atoms with E-state index in [9.17, 15) is 9.59 Å². The predicted molar refractivity (Wildman–Crippen MR) is 140 cm³/mol. The smallest absolute Gasteiger partial charge is 0.243 e. The monoisotopic (exact) mass is 486 g/mol. The molecule has 2 amide bonds. The van der Waals surface area contributed by atoms with Gasteiger partial charge in [-0.15, -0.1) is 0 Å².